The summed E-state index contributed by atoms with van der Waals surface area (Å²) in [4.78, 5) is 0. The topological polar surface area (TPSA) is 21.3 Å². The molecule has 66 valence electrons. The molecular formula is C9H12FNO. The SMILES string of the molecule is CNCc1cccc(OC)c1F. The molecule has 1 rings (SSSR count). The summed E-state index contributed by atoms with van der Waals surface area (Å²) in [6, 6.07) is 5.11. The Kier molecular flexibility index (Phi) is 3.05. The number of hydrogen-bond acceptors (Lipinski definition) is 2. The van der Waals surface area contributed by atoms with Crippen molar-refractivity contribution < 1.29 is 9.13 Å². The molecule has 0 spiro atoms. The van der Waals surface area contributed by atoms with Crippen molar-refractivity contribution >= 4 is 0 Å². The predicted octanol–water partition coefficient (Wildman–Crippen LogP) is 1.55. The van der Waals surface area contributed by atoms with E-state index >= 15 is 0 Å². The van der Waals surface area contributed by atoms with E-state index in [1.54, 1.807) is 25.2 Å². The van der Waals surface area contributed by atoms with Crippen LogP contribution in [-0.4, -0.2) is 14.2 Å². The first-order chi connectivity index (χ1) is 5.79. The molecule has 0 saturated heterocycles. The van der Waals surface area contributed by atoms with Crippen LogP contribution in [0, 0.1) is 5.82 Å². The molecule has 0 aliphatic carbocycles. The molecule has 2 nitrogen and oxygen atoms in total. The van der Waals surface area contributed by atoms with E-state index in [0.717, 1.165) is 0 Å². The molecule has 0 heterocycles. The number of nitrogens with one attached hydrogen (secondary N) is 1. The van der Waals surface area contributed by atoms with Crippen molar-refractivity contribution in [2.75, 3.05) is 14.2 Å². The van der Waals surface area contributed by atoms with Gasteiger partial charge < -0.3 is 10.1 Å². The van der Waals surface area contributed by atoms with Crippen LogP contribution in [0.15, 0.2) is 18.2 Å². The molecule has 0 radical (unpaired) electrons. The maximum atomic E-state index is 13.3. The molecule has 0 aromatic heterocycles. The molecule has 0 atom stereocenters. The molecule has 3 heteroatoms. The lowest BCUT2D eigenvalue weighted by Crippen LogP contribution is -2.07. The van der Waals surface area contributed by atoms with Crippen molar-refractivity contribution in [2.24, 2.45) is 0 Å². The van der Waals surface area contributed by atoms with Crippen molar-refractivity contribution in [2.45, 2.75) is 6.54 Å². The fourth-order valence-corrected chi connectivity index (χ4v) is 1.04. The van der Waals surface area contributed by atoms with Gasteiger partial charge in [-0.05, 0) is 13.1 Å². The highest BCUT2D eigenvalue weighted by Gasteiger charge is 2.06. The maximum Gasteiger partial charge on any atom is 0.169 e. The standard InChI is InChI=1S/C9H12FNO/c1-11-6-7-4-3-5-8(12-2)9(7)10/h3-5,11H,6H2,1-2H3. The Labute approximate surface area is 71.4 Å². The Morgan fingerprint density at radius 3 is 2.83 bits per heavy atom. The fraction of sp³-hybridized carbons (Fsp3) is 0.333. The fourth-order valence-electron chi connectivity index (χ4n) is 1.04. The second-order valence-corrected chi connectivity index (χ2v) is 2.46. The molecule has 0 amide bonds. The quantitative estimate of drug-likeness (QED) is 0.741. The second kappa shape index (κ2) is 4.07. The van der Waals surface area contributed by atoms with Gasteiger partial charge in [0.05, 0.1) is 7.11 Å². The van der Waals surface area contributed by atoms with Crippen LogP contribution < -0.4 is 10.1 Å². The highest BCUT2D eigenvalue weighted by Crippen LogP contribution is 2.19. The lowest BCUT2D eigenvalue weighted by molar-refractivity contribution is 0.383. The van der Waals surface area contributed by atoms with Crippen LogP contribution in [0.3, 0.4) is 0 Å². The highest BCUT2D eigenvalue weighted by molar-refractivity contribution is 5.30. The van der Waals surface area contributed by atoms with Gasteiger partial charge in [0, 0.05) is 12.1 Å². The maximum absolute atomic E-state index is 13.3. The Morgan fingerprint density at radius 2 is 2.25 bits per heavy atom. The van der Waals surface area contributed by atoms with Gasteiger partial charge in [-0.1, -0.05) is 12.1 Å². The zero-order valence-corrected chi connectivity index (χ0v) is 7.23. The largest absolute Gasteiger partial charge is 0.494 e. The smallest absolute Gasteiger partial charge is 0.169 e. The number of benzene rings is 1. The summed E-state index contributed by atoms with van der Waals surface area (Å²) in [7, 11) is 3.24. The van der Waals surface area contributed by atoms with E-state index in [9.17, 15) is 4.39 Å². The van der Waals surface area contributed by atoms with Gasteiger partial charge in [0.1, 0.15) is 0 Å². The van der Waals surface area contributed by atoms with E-state index in [4.69, 9.17) is 4.74 Å². The van der Waals surface area contributed by atoms with Crippen molar-refractivity contribution in [3.8, 4) is 5.75 Å². The summed E-state index contributed by atoms with van der Waals surface area (Å²) < 4.78 is 18.1. The van der Waals surface area contributed by atoms with E-state index in [2.05, 4.69) is 5.32 Å². The van der Waals surface area contributed by atoms with Gasteiger partial charge in [0.25, 0.3) is 0 Å². The van der Waals surface area contributed by atoms with Gasteiger partial charge in [-0.2, -0.15) is 0 Å². The molecule has 0 bridgehead atoms. The van der Waals surface area contributed by atoms with Gasteiger partial charge in [0.2, 0.25) is 0 Å². The second-order valence-electron chi connectivity index (χ2n) is 2.46. The van der Waals surface area contributed by atoms with Crippen molar-refractivity contribution in [1.29, 1.82) is 0 Å². The molecule has 0 fully saturated rings. The normalized spacial score (nSPS) is 9.92. The molecule has 0 aliphatic rings. The zero-order chi connectivity index (χ0) is 8.97. The Hall–Kier alpha value is -1.09. The van der Waals surface area contributed by atoms with E-state index in [1.807, 2.05) is 0 Å². The van der Waals surface area contributed by atoms with Crippen molar-refractivity contribution in [3.63, 3.8) is 0 Å². The highest BCUT2D eigenvalue weighted by atomic mass is 19.1. The Balaban J connectivity index is 2.97. The van der Waals surface area contributed by atoms with Crippen LogP contribution in [0.25, 0.3) is 0 Å². The summed E-state index contributed by atoms with van der Waals surface area (Å²) in [6.45, 7) is 0.517. The molecule has 1 aromatic rings. The monoisotopic (exact) mass is 169 g/mol. The number of rotatable bonds is 3. The average Bonchev–Trinajstić information content (AvgIpc) is 2.09. The first kappa shape index (κ1) is 9.00. The summed E-state index contributed by atoms with van der Waals surface area (Å²) >= 11 is 0. The third-order valence-electron chi connectivity index (χ3n) is 1.63. The van der Waals surface area contributed by atoms with Gasteiger partial charge in [-0.25, -0.2) is 4.39 Å². The first-order valence-electron chi connectivity index (χ1n) is 3.75. The average molecular weight is 169 g/mol. The van der Waals surface area contributed by atoms with Crippen LogP contribution in [0.4, 0.5) is 4.39 Å². The molecule has 0 aliphatic heterocycles. The summed E-state index contributed by atoms with van der Waals surface area (Å²) in [5, 5.41) is 2.88. The number of hydrogen-bond donors (Lipinski definition) is 1. The molecular weight excluding hydrogens is 157 g/mol. The Bertz CT molecular complexity index is 263. The minimum atomic E-state index is -0.283. The number of halogens is 1. The predicted molar refractivity (Wildman–Crippen MR) is 45.7 cm³/mol. The minimum Gasteiger partial charge on any atom is -0.494 e. The number of ether oxygens (including phenoxy) is 1. The molecule has 1 N–H and O–H groups in total. The molecule has 1 aromatic carbocycles. The molecule has 12 heavy (non-hydrogen) atoms. The van der Waals surface area contributed by atoms with Gasteiger partial charge in [0.15, 0.2) is 11.6 Å². The van der Waals surface area contributed by atoms with Crippen LogP contribution in [0.2, 0.25) is 0 Å². The summed E-state index contributed by atoms with van der Waals surface area (Å²) in [6.07, 6.45) is 0. The van der Waals surface area contributed by atoms with Gasteiger partial charge >= 0.3 is 0 Å². The van der Waals surface area contributed by atoms with E-state index in [1.165, 1.54) is 7.11 Å². The minimum absolute atomic E-state index is 0.283. The zero-order valence-electron chi connectivity index (χ0n) is 7.23. The molecule has 0 unspecified atom stereocenters. The van der Waals surface area contributed by atoms with E-state index in [0.29, 0.717) is 17.9 Å². The lowest BCUT2D eigenvalue weighted by Gasteiger charge is -2.05. The first-order valence-corrected chi connectivity index (χ1v) is 3.75. The van der Waals surface area contributed by atoms with Crippen LogP contribution in [-0.2, 0) is 6.54 Å². The summed E-state index contributed by atoms with van der Waals surface area (Å²) in [5.41, 5.74) is 0.622. The van der Waals surface area contributed by atoms with Crippen LogP contribution in [0.5, 0.6) is 5.75 Å². The lowest BCUT2D eigenvalue weighted by atomic mass is 10.2. The van der Waals surface area contributed by atoms with Gasteiger partial charge in [-0.3, -0.25) is 0 Å². The third-order valence-corrected chi connectivity index (χ3v) is 1.63. The van der Waals surface area contributed by atoms with Crippen LogP contribution in [0.1, 0.15) is 5.56 Å². The Morgan fingerprint density at radius 1 is 1.50 bits per heavy atom. The van der Waals surface area contributed by atoms with Gasteiger partial charge in [-0.15, -0.1) is 0 Å². The molecule has 0 saturated carbocycles. The van der Waals surface area contributed by atoms with E-state index in [-0.39, 0.29) is 5.82 Å². The van der Waals surface area contributed by atoms with E-state index < -0.39 is 0 Å². The van der Waals surface area contributed by atoms with Crippen molar-refractivity contribution in [1.82, 2.24) is 5.32 Å². The number of methoxy groups -OCH3 is 1. The van der Waals surface area contributed by atoms with Crippen molar-refractivity contribution in [3.05, 3.63) is 29.6 Å². The third kappa shape index (κ3) is 1.74. The summed E-state index contributed by atoms with van der Waals surface area (Å²) in [5.74, 6) is 0.0112. The van der Waals surface area contributed by atoms with Crippen LogP contribution >= 0.6 is 0 Å².